The molecule has 114 valence electrons. The summed E-state index contributed by atoms with van der Waals surface area (Å²) in [5.41, 5.74) is 0. The number of aryl methyl sites for hydroxylation is 1. The van der Waals surface area contributed by atoms with Crippen molar-refractivity contribution in [2.24, 2.45) is 18.0 Å². The highest BCUT2D eigenvalue weighted by Crippen LogP contribution is 2.33. The van der Waals surface area contributed by atoms with Gasteiger partial charge in [-0.1, -0.05) is 12.8 Å². The zero-order valence-corrected chi connectivity index (χ0v) is 14.6. The molecule has 1 heterocycles. The smallest absolute Gasteiger partial charge is 0.191 e. The molecule has 6 nitrogen and oxygen atoms in total. The van der Waals surface area contributed by atoms with Crippen LogP contribution in [0.5, 0.6) is 0 Å². The van der Waals surface area contributed by atoms with Crippen LogP contribution >= 0.6 is 24.0 Å². The van der Waals surface area contributed by atoms with Gasteiger partial charge in [-0.3, -0.25) is 4.68 Å². The Bertz CT molecular complexity index is 413. The van der Waals surface area contributed by atoms with Crippen LogP contribution in [0, 0.1) is 5.92 Å². The first-order chi connectivity index (χ1) is 9.29. The molecule has 0 aromatic carbocycles. The summed E-state index contributed by atoms with van der Waals surface area (Å²) in [4.78, 5) is 8.69. The molecule has 0 amide bonds. The number of hydrogen-bond donors (Lipinski definition) is 2. The predicted octanol–water partition coefficient (Wildman–Crippen LogP) is 1.68. The highest BCUT2D eigenvalue weighted by molar-refractivity contribution is 14.0. The maximum atomic E-state index is 4.52. The van der Waals surface area contributed by atoms with Gasteiger partial charge in [-0.15, -0.1) is 24.0 Å². The van der Waals surface area contributed by atoms with Gasteiger partial charge >= 0.3 is 0 Å². The number of aliphatic imine (C=N–C) groups is 1. The Hall–Kier alpha value is -0.860. The average molecular weight is 392 g/mol. The number of hydrogen-bond acceptors (Lipinski definition) is 3. The Morgan fingerprint density at radius 2 is 2.25 bits per heavy atom. The Morgan fingerprint density at radius 3 is 2.85 bits per heavy atom. The van der Waals surface area contributed by atoms with Crippen molar-refractivity contribution in [3.8, 4) is 0 Å². The maximum absolute atomic E-state index is 4.52. The summed E-state index contributed by atoms with van der Waals surface area (Å²) in [5, 5.41) is 10.7. The lowest BCUT2D eigenvalue weighted by atomic mass is 10.2. The van der Waals surface area contributed by atoms with E-state index in [9.17, 15) is 0 Å². The lowest BCUT2D eigenvalue weighted by Gasteiger charge is -2.10. The third kappa shape index (κ3) is 6.06. The number of aromatic nitrogens is 3. The minimum Gasteiger partial charge on any atom is -0.357 e. The number of halogens is 1. The van der Waals surface area contributed by atoms with E-state index in [1.165, 1.54) is 25.7 Å². The molecular weight excluding hydrogens is 367 g/mol. The first-order valence-electron chi connectivity index (χ1n) is 7.14. The summed E-state index contributed by atoms with van der Waals surface area (Å²) in [7, 11) is 1.88. The largest absolute Gasteiger partial charge is 0.357 e. The van der Waals surface area contributed by atoms with E-state index in [0.29, 0.717) is 6.54 Å². The van der Waals surface area contributed by atoms with Crippen LogP contribution in [0.25, 0.3) is 0 Å². The van der Waals surface area contributed by atoms with Crippen LogP contribution in [0.15, 0.2) is 11.3 Å². The minimum absolute atomic E-state index is 0. The molecule has 7 heteroatoms. The van der Waals surface area contributed by atoms with Crippen molar-refractivity contribution in [2.75, 3.05) is 13.1 Å². The molecule has 0 unspecified atom stereocenters. The van der Waals surface area contributed by atoms with Crippen LogP contribution in [-0.4, -0.2) is 33.8 Å². The highest BCUT2D eigenvalue weighted by Gasteiger charge is 2.19. The van der Waals surface area contributed by atoms with Crippen LogP contribution in [0.4, 0.5) is 0 Å². The van der Waals surface area contributed by atoms with E-state index in [2.05, 4.69) is 32.6 Å². The molecule has 0 atom stereocenters. The molecule has 0 spiro atoms. The number of nitrogens with one attached hydrogen (secondary N) is 2. The van der Waals surface area contributed by atoms with Crippen molar-refractivity contribution in [1.29, 1.82) is 0 Å². The topological polar surface area (TPSA) is 67.1 Å². The number of nitrogens with zero attached hydrogens (tertiary/aromatic N) is 4. The minimum atomic E-state index is 0. The fourth-order valence-electron chi connectivity index (χ4n) is 1.96. The van der Waals surface area contributed by atoms with Gasteiger partial charge in [-0.25, -0.2) is 9.98 Å². The van der Waals surface area contributed by atoms with E-state index >= 15 is 0 Å². The molecule has 1 aliphatic carbocycles. The molecule has 0 saturated heterocycles. The van der Waals surface area contributed by atoms with Crippen LogP contribution < -0.4 is 10.6 Å². The lowest BCUT2D eigenvalue weighted by Crippen LogP contribution is -2.37. The molecule has 1 aromatic heterocycles. The Morgan fingerprint density at radius 1 is 1.45 bits per heavy atom. The molecule has 2 N–H and O–H groups in total. The van der Waals surface area contributed by atoms with Gasteiger partial charge in [0.05, 0.1) is 0 Å². The lowest BCUT2D eigenvalue weighted by molar-refractivity contribution is 0.643. The third-order valence-corrected chi connectivity index (χ3v) is 3.31. The van der Waals surface area contributed by atoms with E-state index in [4.69, 9.17) is 0 Å². The average Bonchev–Trinajstić information content (AvgIpc) is 3.14. The van der Waals surface area contributed by atoms with Crippen molar-refractivity contribution < 1.29 is 0 Å². The first-order valence-corrected chi connectivity index (χ1v) is 7.14. The van der Waals surface area contributed by atoms with Crippen molar-refractivity contribution in [3.05, 3.63) is 12.2 Å². The van der Waals surface area contributed by atoms with Gasteiger partial charge in [0.25, 0.3) is 0 Å². The standard InChI is InChI=1S/C13H24N6.HI/c1-3-14-13(15-8-4-5-11-6-7-11)16-9-12-17-10-18-19(12)2;/h10-11H,3-9H2,1-2H3,(H2,14,15,16);1H. The van der Waals surface area contributed by atoms with Crippen molar-refractivity contribution in [2.45, 2.75) is 39.2 Å². The van der Waals surface area contributed by atoms with Gasteiger partial charge in [0.15, 0.2) is 5.96 Å². The molecule has 1 saturated carbocycles. The molecule has 1 fully saturated rings. The number of guanidine groups is 1. The zero-order valence-electron chi connectivity index (χ0n) is 12.3. The van der Waals surface area contributed by atoms with E-state index in [1.54, 1.807) is 11.0 Å². The van der Waals surface area contributed by atoms with Gasteiger partial charge in [0.2, 0.25) is 0 Å². The Kier molecular flexibility index (Phi) is 7.86. The highest BCUT2D eigenvalue weighted by atomic mass is 127. The monoisotopic (exact) mass is 392 g/mol. The van der Waals surface area contributed by atoms with Gasteiger partial charge in [0, 0.05) is 20.1 Å². The third-order valence-electron chi connectivity index (χ3n) is 3.31. The van der Waals surface area contributed by atoms with Gasteiger partial charge in [-0.2, -0.15) is 5.10 Å². The molecule has 20 heavy (non-hydrogen) atoms. The maximum Gasteiger partial charge on any atom is 0.191 e. The summed E-state index contributed by atoms with van der Waals surface area (Å²) >= 11 is 0. The summed E-state index contributed by atoms with van der Waals surface area (Å²) in [6.07, 6.45) is 6.98. The van der Waals surface area contributed by atoms with E-state index < -0.39 is 0 Å². The van der Waals surface area contributed by atoms with Crippen molar-refractivity contribution in [3.63, 3.8) is 0 Å². The van der Waals surface area contributed by atoms with Crippen molar-refractivity contribution in [1.82, 2.24) is 25.4 Å². The normalized spacial score (nSPS) is 14.8. The predicted molar refractivity (Wildman–Crippen MR) is 91.2 cm³/mol. The van der Waals surface area contributed by atoms with Gasteiger partial charge in [-0.05, 0) is 25.7 Å². The van der Waals surface area contributed by atoms with E-state index in [0.717, 1.165) is 30.8 Å². The van der Waals surface area contributed by atoms with Crippen LogP contribution in [0.3, 0.4) is 0 Å². The molecule has 1 aromatic rings. The Balaban J connectivity index is 0.00000200. The van der Waals surface area contributed by atoms with E-state index in [-0.39, 0.29) is 24.0 Å². The molecule has 0 aliphatic heterocycles. The fourth-order valence-corrected chi connectivity index (χ4v) is 1.96. The SMILES string of the molecule is CCNC(=NCc1ncnn1C)NCCCC1CC1.I. The van der Waals surface area contributed by atoms with Crippen LogP contribution in [0.2, 0.25) is 0 Å². The molecule has 1 aliphatic rings. The van der Waals surface area contributed by atoms with Gasteiger partial charge < -0.3 is 10.6 Å². The zero-order chi connectivity index (χ0) is 13.5. The summed E-state index contributed by atoms with van der Waals surface area (Å²) in [6.45, 7) is 4.48. The second-order valence-corrected chi connectivity index (χ2v) is 5.01. The molecule has 0 bridgehead atoms. The molecule has 2 rings (SSSR count). The summed E-state index contributed by atoms with van der Waals surface area (Å²) < 4.78 is 1.75. The van der Waals surface area contributed by atoms with Crippen molar-refractivity contribution >= 4 is 29.9 Å². The number of rotatable bonds is 7. The summed E-state index contributed by atoms with van der Waals surface area (Å²) in [6, 6.07) is 0. The van der Waals surface area contributed by atoms with Crippen LogP contribution in [0.1, 0.15) is 38.4 Å². The Labute approximate surface area is 137 Å². The summed E-state index contributed by atoms with van der Waals surface area (Å²) in [5.74, 6) is 2.73. The van der Waals surface area contributed by atoms with E-state index in [1.807, 2.05) is 7.05 Å². The second-order valence-electron chi connectivity index (χ2n) is 5.01. The van der Waals surface area contributed by atoms with Gasteiger partial charge in [0.1, 0.15) is 18.7 Å². The second kappa shape index (κ2) is 9.15. The van der Waals surface area contributed by atoms with Crippen LogP contribution in [-0.2, 0) is 13.6 Å². The fraction of sp³-hybridized carbons (Fsp3) is 0.769. The molecular formula is C13H25IN6. The quantitative estimate of drug-likeness (QED) is 0.321. The first kappa shape index (κ1) is 17.2. The molecule has 0 radical (unpaired) electrons.